The van der Waals surface area contributed by atoms with E-state index in [2.05, 4.69) is 9.47 Å². The summed E-state index contributed by atoms with van der Waals surface area (Å²) in [5, 5.41) is 0. The van der Waals surface area contributed by atoms with Crippen LogP contribution in [0.3, 0.4) is 0 Å². The highest BCUT2D eigenvalue weighted by molar-refractivity contribution is 5.77. The van der Waals surface area contributed by atoms with Gasteiger partial charge in [-0.1, -0.05) is 0 Å². The molecule has 0 aliphatic rings. The molecule has 0 saturated carbocycles. The molecule has 5 nitrogen and oxygen atoms in total. The third kappa shape index (κ3) is 6.57. The molecule has 0 rings (SSSR count). The summed E-state index contributed by atoms with van der Waals surface area (Å²) in [7, 11) is 1.19. The van der Waals surface area contributed by atoms with E-state index in [1.165, 1.54) is 7.11 Å². The van der Waals surface area contributed by atoms with Crippen molar-refractivity contribution in [2.24, 2.45) is 5.73 Å². The van der Waals surface area contributed by atoms with Crippen LogP contribution in [0.1, 0.15) is 6.42 Å². The van der Waals surface area contributed by atoms with Gasteiger partial charge in [-0.05, 0) is 0 Å². The van der Waals surface area contributed by atoms with Gasteiger partial charge in [0.1, 0.15) is 6.61 Å². The molecule has 0 aromatic carbocycles. The molecule has 1 amide bonds. The van der Waals surface area contributed by atoms with Gasteiger partial charge >= 0.3 is 47.6 Å². The zero-order valence-electron chi connectivity index (χ0n) is 19.1. The lowest BCUT2D eigenvalue weighted by Gasteiger charge is -2.43. The fourth-order valence-corrected chi connectivity index (χ4v) is 2.54. The number of nitrogens with zero attached hydrogens (tertiary/aromatic N) is 1. The summed E-state index contributed by atoms with van der Waals surface area (Å²) in [5.41, 5.74) is 5.04. The van der Waals surface area contributed by atoms with Crippen molar-refractivity contribution in [3.63, 3.8) is 0 Å². The second kappa shape index (κ2) is 12.0. The van der Waals surface area contributed by atoms with Crippen LogP contribution in [0.4, 0.5) is 74.6 Å². The maximum atomic E-state index is 14.0. The van der Waals surface area contributed by atoms with E-state index in [1.54, 1.807) is 0 Å². The molecule has 234 valence electrons. The Morgan fingerprint density at radius 3 is 1.44 bits per heavy atom. The Balaban J connectivity index is 6.22. The van der Waals surface area contributed by atoms with Gasteiger partial charge in [0.15, 0.2) is 0 Å². The summed E-state index contributed by atoms with van der Waals surface area (Å²) in [6.45, 7) is -4.51. The van der Waals surface area contributed by atoms with Gasteiger partial charge in [0.05, 0.1) is 13.2 Å². The average Bonchev–Trinajstić information content (AvgIpc) is 2.77. The van der Waals surface area contributed by atoms with Crippen LogP contribution < -0.4 is 5.73 Å². The summed E-state index contributed by atoms with van der Waals surface area (Å²) in [5.74, 6) is -58.2. The van der Waals surface area contributed by atoms with Gasteiger partial charge in [-0.3, -0.25) is 4.79 Å². The van der Waals surface area contributed by atoms with E-state index in [0.29, 0.717) is 0 Å². The zero-order valence-corrected chi connectivity index (χ0v) is 19.1. The van der Waals surface area contributed by atoms with Gasteiger partial charge in [-0.15, -0.1) is 0 Å². The van der Waals surface area contributed by atoms with Crippen molar-refractivity contribution in [1.29, 1.82) is 0 Å². The Bertz CT molecular complexity index is 817. The molecular formula is C17H19F17N2O3. The van der Waals surface area contributed by atoms with Gasteiger partial charge in [-0.25, -0.2) is 0 Å². The average molecular weight is 622 g/mol. The summed E-state index contributed by atoms with van der Waals surface area (Å²) >= 11 is 0. The number of ether oxygens (including phenoxy) is 2. The number of nitrogens with two attached hydrogens (primary N) is 1. The van der Waals surface area contributed by atoms with Crippen LogP contribution in [0.25, 0.3) is 0 Å². The Labute approximate surface area is 207 Å². The van der Waals surface area contributed by atoms with Crippen molar-refractivity contribution in [3.8, 4) is 0 Å². The Kier molecular flexibility index (Phi) is 11.4. The van der Waals surface area contributed by atoms with E-state index in [4.69, 9.17) is 5.73 Å². The lowest BCUT2D eigenvalue weighted by atomic mass is 9.88. The highest BCUT2D eigenvalue weighted by Crippen LogP contribution is 2.64. The fraction of sp³-hybridized carbons (Fsp3) is 0.941. The minimum Gasteiger partial charge on any atom is -0.382 e. The van der Waals surface area contributed by atoms with Crippen LogP contribution >= 0.6 is 0 Å². The monoisotopic (exact) mass is 622 g/mol. The molecule has 0 fully saturated rings. The number of methoxy groups -OCH3 is 1. The smallest absolute Gasteiger partial charge is 0.382 e. The molecule has 0 aromatic rings. The van der Waals surface area contributed by atoms with Crippen molar-refractivity contribution < 1.29 is 88.9 Å². The predicted molar refractivity (Wildman–Crippen MR) is 93.6 cm³/mol. The Morgan fingerprint density at radius 1 is 0.641 bits per heavy atom. The van der Waals surface area contributed by atoms with Crippen LogP contribution in [0.2, 0.25) is 0 Å². The van der Waals surface area contributed by atoms with Crippen LogP contribution in [-0.2, 0) is 14.3 Å². The molecule has 0 aliphatic heterocycles. The Morgan fingerprint density at radius 2 is 1.05 bits per heavy atom. The van der Waals surface area contributed by atoms with Crippen LogP contribution in [0, 0.1) is 0 Å². The first-order valence-electron chi connectivity index (χ1n) is 9.91. The third-order valence-corrected chi connectivity index (χ3v) is 4.89. The van der Waals surface area contributed by atoms with Gasteiger partial charge in [0.25, 0.3) is 0 Å². The van der Waals surface area contributed by atoms with Crippen molar-refractivity contribution in [1.82, 2.24) is 4.90 Å². The van der Waals surface area contributed by atoms with Crippen LogP contribution in [-0.4, -0.2) is 105 Å². The summed E-state index contributed by atoms with van der Waals surface area (Å²) in [4.78, 5) is 12.0. The number of amides is 1. The van der Waals surface area contributed by atoms with E-state index < -0.39 is 86.2 Å². The zero-order chi connectivity index (χ0) is 31.5. The second-order valence-electron chi connectivity index (χ2n) is 7.61. The number of hydrogen-bond acceptors (Lipinski definition) is 4. The molecule has 0 spiro atoms. The van der Waals surface area contributed by atoms with E-state index in [-0.39, 0.29) is 18.1 Å². The Hall–Kier alpha value is -1.84. The normalized spacial score (nSPS) is 15.1. The van der Waals surface area contributed by atoms with Crippen LogP contribution in [0.15, 0.2) is 0 Å². The maximum Gasteiger partial charge on any atom is 0.460 e. The largest absolute Gasteiger partial charge is 0.460 e. The van der Waals surface area contributed by atoms with E-state index >= 15 is 0 Å². The van der Waals surface area contributed by atoms with Crippen molar-refractivity contribution in [2.75, 3.05) is 46.6 Å². The topological polar surface area (TPSA) is 64.8 Å². The summed E-state index contributed by atoms with van der Waals surface area (Å²) in [6.07, 6.45) is -10.6. The quantitative estimate of drug-likeness (QED) is 0.198. The SMILES string of the molecule is COCCOCC(=O)N(CCN)CCC(F)(F)C(F)(F)C(F)(F)C(F)(F)C(F)(F)C(F)(F)C(F)(F)C(F)(F)F. The molecule has 0 heterocycles. The van der Waals surface area contributed by atoms with E-state index in [9.17, 15) is 79.4 Å². The first-order chi connectivity index (χ1) is 17.2. The van der Waals surface area contributed by atoms with Gasteiger partial charge in [0.2, 0.25) is 5.91 Å². The highest BCUT2D eigenvalue weighted by Gasteiger charge is 2.95. The number of alkyl halides is 17. The number of rotatable bonds is 16. The van der Waals surface area contributed by atoms with Crippen molar-refractivity contribution in [3.05, 3.63) is 0 Å². The van der Waals surface area contributed by atoms with Gasteiger partial charge in [0, 0.05) is 33.2 Å². The first kappa shape index (κ1) is 37.2. The van der Waals surface area contributed by atoms with E-state index in [0.717, 1.165) is 0 Å². The summed E-state index contributed by atoms with van der Waals surface area (Å²) in [6, 6.07) is 0. The predicted octanol–water partition coefficient (Wildman–Crippen LogP) is 4.84. The second-order valence-corrected chi connectivity index (χ2v) is 7.61. The van der Waals surface area contributed by atoms with Crippen molar-refractivity contribution >= 4 is 5.91 Å². The maximum absolute atomic E-state index is 14.0. The minimum absolute atomic E-state index is 0.115. The molecule has 0 aromatic heterocycles. The fourth-order valence-electron chi connectivity index (χ4n) is 2.54. The van der Waals surface area contributed by atoms with Gasteiger partial charge in [-0.2, -0.15) is 74.6 Å². The third-order valence-electron chi connectivity index (χ3n) is 4.89. The summed E-state index contributed by atoms with van der Waals surface area (Å²) < 4.78 is 235. The molecule has 0 saturated heterocycles. The lowest BCUT2D eigenvalue weighted by molar-refractivity contribution is -0.461. The number of halogens is 17. The van der Waals surface area contributed by atoms with Crippen molar-refractivity contribution in [2.45, 2.75) is 54.1 Å². The molecule has 39 heavy (non-hydrogen) atoms. The molecule has 0 atom stereocenters. The molecule has 22 heteroatoms. The molecule has 0 unspecified atom stereocenters. The highest BCUT2D eigenvalue weighted by atomic mass is 19.4. The first-order valence-corrected chi connectivity index (χ1v) is 9.91. The van der Waals surface area contributed by atoms with Gasteiger partial charge < -0.3 is 20.1 Å². The van der Waals surface area contributed by atoms with Crippen LogP contribution in [0.5, 0.6) is 0 Å². The van der Waals surface area contributed by atoms with E-state index in [1.807, 2.05) is 0 Å². The minimum atomic E-state index is -8.69. The number of hydrogen-bond donors (Lipinski definition) is 1. The molecular weight excluding hydrogens is 603 g/mol. The molecule has 0 aliphatic carbocycles. The molecule has 0 radical (unpaired) electrons. The molecule has 2 N–H and O–H groups in total. The number of carbonyl (C=O) groups excluding carboxylic acids is 1. The molecule has 0 bridgehead atoms. The standard InChI is InChI=1S/C17H19F17N2O3/c1-38-6-7-39-8-9(37)36(5-3-35)4-2-10(18,19)11(20,21)12(22,23)13(24,25)14(26,27)15(28,29)16(30,31)17(32,33)34/h2-8,35H2,1H3. The number of carbonyl (C=O) groups is 1. The lowest BCUT2D eigenvalue weighted by Crippen LogP contribution is -2.74.